The van der Waals surface area contributed by atoms with E-state index in [2.05, 4.69) is 0 Å². The summed E-state index contributed by atoms with van der Waals surface area (Å²) in [7, 11) is 1.40. The molecule has 0 spiro atoms. The molecule has 0 atom stereocenters. The van der Waals surface area contributed by atoms with Gasteiger partial charge in [-0.2, -0.15) is 0 Å². The van der Waals surface area contributed by atoms with E-state index < -0.39 is 11.6 Å². The Labute approximate surface area is 119 Å². The van der Waals surface area contributed by atoms with Crippen LogP contribution in [0.1, 0.15) is 15.9 Å². The van der Waals surface area contributed by atoms with Crippen LogP contribution in [0.2, 0.25) is 10.0 Å². The molecule has 0 fully saturated rings. The monoisotopic (exact) mass is 298 g/mol. The number of halogens is 3. The number of carbonyl (C=O) groups is 1. The van der Waals surface area contributed by atoms with E-state index >= 15 is 0 Å². The number of hydrogen-bond acceptors (Lipinski definition) is 2. The van der Waals surface area contributed by atoms with Crippen LogP contribution in [0.15, 0.2) is 36.4 Å². The highest BCUT2D eigenvalue weighted by molar-refractivity contribution is 6.41. The van der Waals surface area contributed by atoms with Crippen LogP contribution in [0, 0.1) is 5.82 Å². The zero-order valence-electron chi connectivity index (χ0n) is 9.91. The topological polar surface area (TPSA) is 26.3 Å². The third kappa shape index (κ3) is 2.72. The van der Waals surface area contributed by atoms with Crippen LogP contribution in [-0.2, 0) is 0 Å². The molecule has 0 saturated carbocycles. The van der Waals surface area contributed by atoms with Gasteiger partial charge in [0.2, 0.25) is 0 Å². The predicted octanol–water partition coefficient (Wildman–Crippen LogP) is 4.37. The first kappa shape index (κ1) is 13.8. The molecular weight excluding hydrogens is 290 g/mol. The average Bonchev–Trinajstić information content (AvgIpc) is 2.38. The minimum absolute atomic E-state index is 0.0810. The van der Waals surface area contributed by atoms with Gasteiger partial charge in [0.1, 0.15) is 11.6 Å². The summed E-state index contributed by atoms with van der Waals surface area (Å²) in [6.07, 6.45) is 0. The minimum Gasteiger partial charge on any atom is -0.496 e. The van der Waals surface area contributed by atoms with Crippen molar-refractivity contribution in [1.82, 2.24) is 0 Å². The quantitative estimate of drug-likeness (QED) is 0.787. The molecule has 5 heteroatoms. The van der Waals surface area contributed by atoms with Crippen molar-refractivity contribution in [3.05, 3.63) is 63.4 Å². The van der Waals surface area contributed by atoms with Crippen molar-refractivity contribution in [3.63, 3.8) is 0 Å². The second-order valence-electron chi connectivity index (χ2n) is 3.77. The number of methoxy groups -OCH3 is 1. The molecule has 0 aromatic heterocycles. The number of benzene rings is 2. The van der Waals surface area contributed by atoms with Gasteiger partial charge in [-0.25, -0.2) is 4.39 Å². The Morgan fingerprint density at radius 3 is 2.37 bits per heavy atom. The van der Waals surface area contributed by atoms with E-state index in [1.54, 1.807) is 18.2 Å². The van der Waals surface area contributed by atoms with E-state index in [9.17, 15) is 9.18 Å². The summed E-state index contributed by atoms with van der Waals surface area (Å²) in [5, 5.41) is 0.424. The van der Waals surface area contributed by atoms with Crippen LogP contribution >= 0.6 is 23.2 Å². The first-order valence-electron chi connectivity index (χ1n) is 5.37. The smallest absolute Gasteiger partial charge is 0.199 e. The zero-order valence-corrected chi connectivity index (χ0v) is 11.4. The van der Waals surface area contributed by atoms with Crippen molar-refractivity contribution in [3.8, 4) is 5.75 Å². The molecule has 19 heavy (non-hydrogen) atoms. The highest BCUT2D eigenvalue weighted by atomic mass is 35.5. The molecule has 2 rings (SSSR count). The molecule has 2 nitrogen and oxygen atoms in total. The second kappa shape index (κ2) is 5.59. The number of hydrogen-bond donors (Lipinski definition) is 0. The van der Waals surface area contributed by atoms with Crippen LogP contribution in [0.3, 0.4) is 0 Å². The van der Waals surface area contributed by atoms with Crippen LogP contribution < -0.4 is 4.74 Å². The van der Waals surface area contributed by atoms with E-state index in [1.165, 1.54) is 19.2 Å². The summed E-state index contributed by atoms with van der Waals surface area (Å²) in [6, 6.07) is 8.42. The van der Waals surface area contributed by atoms with Crippen molar-refractivity contribution in [2.75, 3.05) is 7.11 Å². The molecule has 0 N–H and O–H groups in total. The van der Waals surface area contributed by atoms with Gasteiger partial charge in [-0.15, -0.1) is 0 Å². The maximum atomic E-state index is 13.3. The lowest BCUT2D eigenvalue weighted by molar-refractivity contribution is 0.103. The van der Waals surface area contributed by atoms with Crippen molar-refractivity contribution in [2.24, 2.45) is 0 Å². The summed E-state index contributed by atoms with van der Waals surface area (Å²) in [5.41, 5.74) is 0.215. The highest BCUT2D eigenvalue weighted by Gasteiger charge is 2.20. The van der Waals surface area contributed by atoms with E-state index in [0.717, 1.165) is 6.07 Å². The third-order valence-electron chi connectivity index (χ3n) is 2.60. The van der Waals surface area contributed by atoms with Gasteiger partial charge in [-0.05, 0) is 30.3 Å². The Hall–Kier alpha value is -1.58. The molecule has 0 heterocycles. The summed E-state index contributed by atoms with van der Waals surface area (Å²) >= 11 is 11.9. The van der Waals surface area contributed by atoms with Crippen LogP contribution in [0.5, 0.6) is 5.75 Å². The largest absolute Gasteiger partial charge is 0.496 e. The molecule has 0 aliphatic rings. The van der Waals surface area contributed by atoms with Gasteiger partial charge in [0.25, 0.3) is 0 Å². The zero-order chi connectivity index (χ0) is 14.0. The Balaban J connectivity index is 2.59. The van der Waals surface area contributed by atoms with Gasteiger partial charge in [0.15, 0.2) is 5.78 Å². The van der Waals surface area contributed by atoms with Crippen LogP contribution in [-0.4, -0.2) is 12.9 Å². The van der Waals surface area contributed by atoms with Gasteiger partial charge < -0.3 is 4.74 Å². The van der Waals surface area contributed by atoms with Crippen molar-refractivity contribution < 1.29 is 13.9 Å². The molecule has 0 saturated heterocycles. The molecule has 0 bridgehead atoms. The fourth-order valence-corrected chi connectivity index (χ4v) is 2.28. The van der Waals surface area contributed by atoms with E-state index in [1.807, 2.05) is 0 Å². The van der Waals surface area contributed by atoms with Crippen LogP contribution in [0.25, 0.3) is 0 Å². The highest BCUT2D eigenvalue weighted by Crippen LogP contribution is 2.30. The van der Waals surface area contributed by atoms with Gasteiger partial charge in [0.05, 0.1) is 28.3 Å². The van der Waals surface area contributed by atoms with E-state index in [0.29, 0.717) is 0 Å². The van der Waals surface area contributed by atoms with Gasteiger partial charge in [0, 0.05) is 0 Å². The average molecular weight is 299 g/mol. The number of carbonyl (C=O) groups excluding carboxylic acids is 1. The standard InChI is InChI=1S/C14H9Cl2FO2/c1-19-12-6-5-8(17)7-9(12)14(18)13-10(15)3-2-4-11(13)16/h2-7H,1H3. The van der Waals surface area contributed by atoms with E-state index in [-0.39, 0.29) is 26.9 Å². The van der Waals surface area contributed by atoms with Gasteiger partial charge >= 0.3 is 0 Å². The summed E-state index contributed by atoms with van der Waals surface area (Å²) in [6.45, 7) is 0. The molecule has 98 valence electrons. The summed E-state index contributed by atoms with van der Waals surface area (Å²) in [5.74, 6) is -0.748. The maximum Gasteiger partial charge on any atom is 0.199 e. The molecular formula is C14H9Cl2FO2. The number of rotatable bonds is 3. The molecule has 0 aliphatic carbocycles. The summed E-state index contributed by atoms with van der Waals surface area (Å²) < 4.78 is 18.3. The summed E-state index contributed by atoms with van der Waals surface area (Å²) in [4.78, 5) is 12.4. The van der Waals surface area contributed by atoms with Crippen molar-refractivity contribution in [2.45, 2.75) is 0 Å². The lowest BCUT2D eigenvalue weighted by Gasteiger charge is -2.10. The third-order valence-corrected chi connectivity index (χ3v) is 3.23. The Morgan fingerprint density at radius 1 is 1.16 bits per heavy atom. The van der Waals surface area contributed by atoms with Crippen LogP contribution in [0.4, 0.5) is 4.39 Å². The SMILES string of the molecule is COc1ccc(F)cc1C(=O)c1c(Cl)cccc1Cl. The molecule has 2 aromatic carbocycles. The molecule has 0 aliphatic heterocycles. The fraction of sp³-hybridized carbons (Fsp3) is 0.0714. The Morgan fingerprint density at radius 2 is 1.79 bits per heavy atom. The Kier molecular flexibility index (Phi) is 4.08. The first-order valence-corrected chi connectivity index (χ1v) is 6.12. The first-order chi connectivity index (χ1) is 9.04. The predicted molar refractivity (Wildman–Crippen MR) is 72.8 cm³/mol. The second-order valence-corrected chi connectivity index (χ2v) is 4.58. The van der Waals surface area contributed by atoms with Crippen molar-refractivity contribution >= 4 is 29.0 Å². The Bertz CT molecular complexity index is 621. The molecule has 0 radical (unpaired) electrons. The lowest BCUT2D eigenvalue weighted by Crippen LogP contribution is -2.06. The fourth-order valence-electron chi connectivity index (χ4n) is 1.71. The molecule has 0 unspecified atom stereocenters. The molecule has 0 amide bonds. The van der Waals surface area contributed by atoms with Gasteiger partial charge in [-0.1, -0.05) is 29.3 Å². The lowest BCUT2D eigenvalue weighted by atomic mass is 10.0. The normalized spacial score (nSPS) is 10.3. The number of ether oxygens (including phenoxy) is 1. The van der Waals surface area contributed by atoms with Crippen molar-refractivity contribution in [1.29, 1.82) is 0 Å². The minimum atomic E-state index is -0.535. The van der Waals surface area contributed by atoms with Gasteiger partial charge in [-0.3, -0.25) is 4.79 Å². The number of ketones is 1. The molecule has 2 aromatic rings. The van der Waals surface area contributed by atoms with E-state index in [4.69, 9.17) is 27.9 Å². The maximum absolute atomic E-state index is 13.3.